The number of nitrogens with one attached hydrogen (secondary N) is 1. The third-order valence-electron chi connectivity index (χ3n) is 5.34. The van der Waals surface area contributed by atoms with E-state index in [0.29, 0.717) is 30.8 Å². The monoisotopic (exact) mass is 401 g/mol. The summed E-state index contributed by atoms with van der Waals surface area (Å²) in [6, 6.07) is 9.03. The molecular formula is C21H27N3O3S. The minimum atomic E-state index is -3.53. The molecule has 1 saturated heterocycles. The standard InChI is InChI=1S/C21H27N3O3S/c1-15-4-5-20(16(2)14-15)28(26,27)24-12-8-19(9-13-24)21(25)23-17(3)18-6-10-22-11-7-18/h4-7,10-11,14,17,19H,8-9,12-13H2,1-3H3,(H,23,25). The number of sulfonamides is 1. The molecule has 2 aromatic rings. The van der Waals surface area contributed by atoms with Gasteiger partial charge in [-0.05, 0) is 62.9 Å². The summed E-state index contributed by atoms with van der Waals surface area (Å²) in [4.78, 5) is 16.9. The summed E-state index contributed by atoms with van der Waals surface area (Å²) in [6.07, 6.45) is 4.46. The van der Waals surface area contributed by atoms with Crippen LogP contribution in [0.25, 0.3) is 0 Å². The van der Waals surface area contributed by atoms with Crippen molar-refractivity contribution < 1.29 is 13.2 Å². The number of carbonyl (C=O) groups is 1. The molecule has 1 atom stereocenters. The molecule has 6 nitrogen and oxygen atoms in total. The molecule has 1 aliphatic rings. The van der Waals surface area contributed by atoms with Crippen LogP contribution in [0.2, 0.25) is 0 Å². The SMILES string of the molecule is Cc1ccc(S(=O)(=O)N2CCC(C(=O)NC(C)c3ccncc3)CC2)c(C)c1. The zero-order valence-corrected chi connectivity index (χ0v) is 17.4. The van der Waals surface area contributed by atoms with E-state index in [2.05, 4.69) is 10.3 Å². The fourth-order valence-electron chi connectivity index (χ4n) is 3.65. The minimum absolute atomic E-state index is 0.0205. The van der Waals surface area contributed by atoms with Crippen molar-refractivity contribution in [2.24, 2.45) is 5.92 Å². The van der Waals surface area contributed by atoms with Gasteiger partial charge in [0.25, 0.3) is 0 Å². The number of benzene rings is 1. The van der Waals surface area contributed by atoms with Gasteiger partial charge in [0.05, 0.1) is 10.9 Å². The van der Waals surface area contributed by atoms with Crippen LogP contribution in [0.15, 0.2) is 47.6 Å². The van der Waals surface area contributed by atoms with Gasteiger partial charge in [0.2, 0.25) is 15.9 Å². The van der Waals surface area contributed by atoms with Gasteiger partial charge < -0.3 is 5.32 Å². The van der Waals surface area contributed by atoms with Gasteiger partial charge in [-0.15, -0.1) is 0 Å². The van der Waals surface area contributed by atoms with E-state index < -0.39 is 10.0 Å². The highest BCUT2D eigenvalue weighted by molar-refractivity contribution is 7.89. The van der Waals surface area contributed by atoms with Crippen molar-refractivity contribution in [2.75, 3.05) is 13.1 Å². The third-order valence-corrected chi connectivity index (χ3v) is 7.40. The molecule has 150 valence electrons. The lowest BCUT2D eigenvalue weighted by molar-refractivity contribution is -0.126. The topological polar surface area (TPSA) is 79.4 Å². The van der Waals surface area contributed by atoms with E-state index in [1.807, 2.05) is 45.0 Å². The fraction of sp³-hybridized carbons (Fsp3) is 0.429. The van der Waals surface area contributed by atoms with Gasteiger partial charge in [0, 0.05) is 31.4 Å². The number of aromatic nitrogens is 1. The molecule has 28 heavy (non-hydrogen) atoms. The Labute approximate surface area is 167 Å². The normalized spacial score (nSPS) is 17.2. The maximum Gasteiger partial charge on any atom is 0.243 e. The zero-order chi connectivity index (χ0) is 20.3. The van der Waals surface area contributed by atoms with E-state index in [4.69, 9.17) is 0 Å². The smallest absolute Gasteiger partial charge is 0.243 e. The highest BCUT2D eigenvalue weighted by atomic mass is 32.2. The highest BCUT2D eigenvalue weighted by Crippen LogP contribution is 2.26. The molecule has 1 fully saturated rings. The maximum atomic E-state index is 13.0. The summed E-state index contributed by atoms with van der Waals surface area (Å²) < 4.78 is 27.5. The Bertz CT molecular complexity index is 937. The van der Waals surface area contributed by atoms with Crippen molar-refractivity contribution in [3.05, 3.63) is 59.4 Å². The molecule has 0 aliphatic carbocycles. The lowest BCUT2D eigenvalue weighted by Gasteiger charge is -2.31. The first-order valence-corrected chi connectivity index (χ1v) is 11.0. The Morgan fingerprint density at radius 1 is 1.14 bits per heavy atom. The average Bonchev–Trinajstić information content (AvgIpc) is 2.68. The Morgan fingerprint density at radius 2 is 1.79 bits per heavy atom. The van der Waals surface area contributed by atoms with E-state index in [1.165, 1.54) is 4.31 Å². The molecule has 1 unspecified atom stereocenters. The Morgan fingerprint density at radius 3 is 2.39 bits per heavy atom. The van der Waals surface area contributed by atoms with Crippen LogP contribution in [0.4, 0.5) is 0 Å². The van der Waals surface area contributed by atoms with Crippen molar-refractivity contribution >= 4 is 15.9 Å². The first kappa shape index (κ1) is 20.5. The fourth-order valence-corrected chi connectivity index (χ4v) is 5.33. The summed E-state index contributed by atoms with van der Waals surface area (Å²) in [5, 5.41) is 3.03. The molecule has 1 aromatic heterocycles. The summed E-state index contributed by atoms with van der Waals surface area (Å²) in [7, 11) is -3.53. The number of nitrogens with zero attached hydrogens (tertiary/aromatic N) is 2. The van der Waals surface area contributed by atoms with Crippen molar-refractivity contribution in [1.29, 1.82) is 0 Å². The summed E-state index contributed by atoms with van der Waals surface area (Å²) in [6.45, 7) is 6.42. The van der Waals surface area contributed by atoms with Crippen LogP contribution in [-0.4, -0.2) is 36.7 Å². The van der Waals surface area contributed by atoms with Crippen LogP contribution in [0.1, 0.15) is 42.5 Å². The molecule has 0 saturated carbocycles. The van der Waals surface area contributed by atoms with Crippen molar-refractivity contribution in [3.63, 3.8) is 0 Å². The summed E-state index contributed by atoms with van der Waals surface area (Å²) in [5.74, 6) is -0.192. The van der Waals surface area contributed by atoms with E-state index in [1.54, 1.807) is 18.5 Å². The lowest BCUT2D eigenvalue weighted by atomic mass is 9.96. The second-order valence-electron chi connectivity index (χ2n) is 7.46. The van der Waals surface area contributed by atoms with Crippen LogP contribution < -0.4 is 5.32 Å². The predicted molar refractivity (Wildman–Crippen MR) is 108 cm³/mol. The Kier molecular flexibility index (Phi) is 6.15. The van der Waals surface area contributed by atoms with Crippen molar-refractivity contribution in [3.8, 4) is 0 Å². The molecule has 3 rings (SSSR count). The third kappa shape index (κ3) is 4.42. The Hall–Kier alpha value is -2.25. The highest BCUT2D eigenvalue weighted by Gasteiger charge is 2.33. The molecule has 2 heterocycles. The van der Waals surface area contributed by atoms with Gasteiger partial charge >= 0.3 is 0 Å². The first-order chi connectivity index (χ1) is 13.3. The number of rotatable bonds is 5. The van der Waals surface area contributed by atoms with Crippen LogP contribution in [-0.2, 0) is 14.8 Å². The Balaban J connectivity index is 1.61. The minimum Gasteiger partial charge on any atom is -0.349 e. The van der Waals surface area contributed by atoms with Crippen molar-refractivity contribution in [2.45, 2.75) is 44.6 Å². The molecule has 1 aromatic carbocycles. The van der Waals surface area contributed by atoms with Gasteiger partial charge in [0.15, 0.2) is 0 Å². The van der Waals surface area contributed by atoms with E-state index in [9.17, 15) is 13.2 Å². The molecular weight excluding hydrogens is 374 g/mol. The summed E-state index contributed by atoms with van der Waals surface area (Å²) >= 11 is 0. The van der Waals surface area contributed by atoms with Crippen molar-refractivity contribution in [1.82, 2.24) is 14.6 Å². The van der Waals surface area contributed by atoms with Gasteiger partial charge in [-0.3, -0.25) is 9.78 Å². The van der Waals surface area contributed by atoms with Crippen LogP contribution in [0, 0.1) is 19.8 Å². The molecule has 0 radical (unpaired) electrons. The average molecular weight is 402 g/mol. The molecule has 0 bridgehead atoms. The van der Waals surface area contributed by atoms with E-state index >= 15 is 0 Å². The second kappa shape index (κ2) is 8.41. The quantitative estimate of drug-likeness (QED) is 0.835. The molecule has 1 amide bonds. The van der Waals surface area contributed by atoms with Gasteiger partial charge in [0.1, 0.15) is 0 Å². The van der Waals surface area contributed by atoms with Gasteiger partial charge in [-0.25, -0.2) is 8.42 Å². The largest absolute Gasteiger partial charge is 0.349 e. The van der Waals surface area contributed by atoms with Crippen LogP contribution in [0.3, 0.4) is 0 Å². The number of aryl methyl sites for hydroxylation is 2. The predicted octanol–water partition coefficient (Wildman–Crippen LogP) is 2.98. The van der Waals surface area contributed by atoms with E-state index in [-0.39, 0.29) is 17.9 Å². The van der Waals surface area contributed by atoms with Crippen LogP contribution >= 0.6 is 0 Å². The number of carbonyl (C=O) groups excluding carboxylic acids is 1. The molecule has 1 N–H and O–H groups in total. The maximum absolute atomic E-state index is 13.0. The summed E-state index contributed by atoms with van der Waals surface area (Å²) in [5.41, 5.74) is 2.79. The number of amides is 1. The second-order valence-corrected chi connectivity index (χ2v) is 9.36. The molecule has 1 aliphatic heterocycles. The number of piperidine rings is 1. The van der Waals surface area contributed by atoms with Crippen LogP contribution in [0.5, 0.6) is 0 Å². The number of pyridine rings is 1. The number of hydrogen-bond acceptors (Lipinski definition) is 4. The van der Waals surface area contributed by atoms with E-state index in [0.717, 1.165) is 16.7 Å². The molecule has 0 spiro atoms. The zero-order valence-electron chi connectivity index (χ0n) is 16.6. The number of hydrogen-bond donors (Lipinski definition) is 1. The van der Waals surface area contributed by atoms with Gasteiger partial charge in [-0.1, -0.05) is 17.7 Å². The lowest BCUT2D eigenvalue weighted by Crippen LogP contribution is -2.43. The molecule has 7 heteroatoms. The first-order valence-electron chi connectivity index (χ1n) is 9.56. The van der Waals surface area contributed by atoms with Gasteiger partial charge in [-0.2, -0.15) is 4.31 Å².